The summed E-state index contributed by atoms with van der Waals surface area (Å²) in [6.45, 7) is 3.40. The summed E-state index contributed by atoms with van der Waals surface area (Å²) in [6.07, 6.45) is 1.80. The minimum atomic E-state index is -0.330. The summed E-state index contributed by atoms with van der Waals surface area (Å²) < 4.78 is 13.9. The molecule has 0 radical (unpaired) electrons. The molecule has 0 spiro atoms. The van der Waals surface area contributed by atoms with Gasteiger partial charge in [0.15, 0.2) is 0 Å². The van der Waals surface area contributed by atoms with Crippen LogP contribution in [0.15, 0.2) is 41.0 Å². The molecule has 0 unspecified atom stereocenters. The van der Waals surface area contributed by atoms with Crippen molar-refractivity contribution in [2.45, 2.75) is 0 Å². The average molecular weight is 351 g/mol. The number of piperazine rings is 1. The average Bonchev–Trinajstić information content (AvgIpc) is 2.52. The van der Waals surface area contributed by atoms with Crippen LogP contribution in [0, 0.1) is 5.82 Å². The number of hydrogen-bond acceptors (Lipinski definition) is 4. The van der Waals surface area contributed by atoms with Crippen LogP contribution in [-0.4, -0.2) is 31.2 Å². The molecule has 4 nitrogen and oxygen atoms in total. The standard InChI is InChI=1S/C15H16BrFN4/c16-11-9-14(13(18)10-12(11)17)20-5-7-21(8-6-20)15-3-1-2-4-19-15/h1-4,9-10H,5-8,18H2. The van der Waals surface area contributed by atoms with Gasteiger partial charge in [-0.15, -0.1) is 0 Å². The van der Waals surface area contributed by atoms with Gasteiger partial charge in [-0.2, -0.15) is 0 Å². The highest BCUT2D eigenvalue weighted by molar-refractivity contribution is 9.10. The van der Waals surface area contributed by atoms with Gasteiger partial charge in [0, 0.05) is 38.4 Å². The summed E-state index contributed by atoms with van der Waals surface area (Å²) in [5, 5.41) is 0. The molecule has 0 bridgehead atoms. The number of hydrogen-bond donors (Lipinski definition) is 1. The van der Waals surface area contributed by atoms with E-state index < -0.39 is 0 Å². The number of pyridine rings is 1. The van der Waals surface area contributed by atoms with Crippen LogP contribution < -0.4 is 15.5 Å². The van der Waals surface area contributed by atoms with Gasteiger partial charge in [0.05, 0.1) is 15.8 Å². The van der Waals surface area contributed by atoms with Crippen molar-refractivity contribution < 1.29 is 4.39 Å². The fourth-order valence-electron chi connectivity index (χ4n) is 2.54. The van der Waals surface area contributed by atoms with Gasteiger partial charge in [0.2, 0.25) is 0 Å². The van der Waals surface area contributed by atoms with Gasteiger partial charge < -0.3 is 15.5 Å². The number of rotatable bonds is 2. The number of nitrogens with zero attached hydrogens (tertiary/aromatic N) is 3. The zero-order chi connectivity index (χ0) is 14.8. The topological polar surface area (TPSA) is 45.4 Å². The number of benzene rings is 1. The molecule has 1 aromatic heterocycles. The lowest BCUT2D eigenvalue weighted by Gasteiger charge is -2.37. The third-order valence-corrected chi connectivity index (χ3v) is 4.27. The summed E-state index contributed by atoms with van der Waals surface area (Å²) in [5.41, 5.74) is 7.29. The van der Waals surface area contributed by atoms with E-state index in [0.717, 1.165) is 37.7 Å². The first-order chi connectivity index (χ1) is 10.1. The monoisotopic (exact) mass is 350 g/mol. The van der Waals surface area contributed by atoms with Crippen molar-refractivity contribution in [2.75, 3.05) is 41.7 Å². The van der Waals surface area contributed by atoms with Crippen LogP contribution in [0.1, 0.15) is 0 Å². The Morgan fingerprint density at radius 2 is 1.81 bits per heavy atom. The van der Waals surface area contributed by atoms with E-state index in [0.29, 0.717) is 10.2 Å². The number of nitrogens with two attached hydrogens (primary N) is 1. The molecule has 110 valence electrons. The van der Waals surface area contributed by atoms with Gasteiger partial charge in [-0.05, 0) is 34.1 Å². The Labute approximate surface area is 131 Å². The predicted octanol–water partition coefficient (Wildman–Crippen LogP) is 2.89. The van der Waals surface area contributed by atoms with E-state index in [1.807, 2.05) is 18.2 Å². The third kappa shape index (κ3) is 2.95. The molecule has 2 heterocycles. The van der Waals surface area contributed by atoms with Crippen LogP contribution in [0.3, 0.4) is 0 Å². The van der Waals surface area contributed by atoms with Crippen molar-refractivity contribution in [3.63, 3.8) is 0 Å². The normalized spacial score (nSPS) is 15.3. The van der Waals surface area contributed by atoms with Crippen molar-refractivity contribution in [1.29, 1.82) is 0 Å². The van der Waals surface area contributed by atoms with Gasteiger partial charge in [-0.3, -0.25) is 0 Å². The first-order valence-electron chi connectivity index (χ1n) is 6.80. The SMILES string of the molecule is Nc1cc(F)c(Br)cc1N1CCN(c2ccccn2)CC1. The van der Waals surface area contributed by atoms with E-state index in [1.165, 1.54) is 6.07 Å². The molecule has 2 N–H and O–H groups in total. The molecule has 0 amide bonds. The van der Waals surface area contributed by atoms with E-state index in [2.05, 4.69) is 30.7 Å². The van der Waals surface area contributed by atoms with Gasteiger partial charge in [0.1, 0.15) is 11.6 Å². The zero-order valence-electron chi connectivity index (χ0n) is 11.5. The Bertz CT molecular complexity index is 627. The Balaban J connectivity index is 1.73. The van der Waals surface area contributed by atoms with Crippen LogP contribution in [-0.2, 0) is 0 Å². The summed E-state index contributed by atoms with van der Waals surface area (Å²) >= 11 is 3.22. The Hall–Kier alpha value is -1.82. The second kappa shape index (κ2) is 5.89. The smallest absolute Gasteiger partial charge is 0.139 e. The van der Waals surface area contributed by atoms with Crippen LogP contribution in [0.4, 0.5) is 21.6 Å². The van der Waals surface area contributed by atoms with Crippen molar-refractivity contribution >= 4 is 33.1 Å². The maximum atomic E-state index is 13.4. The maximum Gasteiger partial charge on any atom is 0.139 e. The fourth-order valence-corrected chi connectivity index (χ4v) is 2.87. The Morgan fingerprint density at radius 3 is 2.48 bits per heavy atom. The van der Waals surface area contributed by atoms with Crippen molar-refractivity contribution in [3.05, 3.63) is 46.8 Å². The van der Waals surface area contributed by atoms with E-state index in [1.54, 1.807) is 12.3 Å². The molecule has 6 heteroatoms. The number of aromatic nitrogens is 1. The first-order valence-corrected chi connectivity index (χ1v) is 7.60. The van der Waals surface area contributed by atoms with Crippen molar-refractivity contribution in [3.8, 4) is 0 Å². The van der Waals surface area contributed by atoms with Crippen LogP contribution in [0.5, 0.6) is 0 Å². The molecule has 1 aliphatic heterocycles. The number of nitrogen functional groups attached to an aromatic ring is 1. The minimum Gasteiger partial charge on any atom is -0.397 e. The van der Waals surface area contributed by atoms with Crippen LogP contribution >= 0.6 is 15.9 Å². The molecule has 1 aromatic carbocycles. The number of halogens is 2. The van der Waals surface area contributed by atoms with Crippen molar-refractivity contribution in [1.82, 2.24) is 4.98 Å². The van der Waals surface area contributed by atoms with Crippen molar-refractivity contribution in [2.24, 2.45) is 0 Å². The second-order valence-corrected chi connectivity index (χ2v) is 5.84. The molecule has 0 atom stereocenters. The predicted molar refractivity (Wildman–Crippen MR) is 87.2 cm³/mol. The van der Waals surface area contributed by atoms with Crippen LogP contribution in [0.2, 0.25) is 0 Å². The lowest BCUT2D eigenvalue weighted by Crippen LogP contribution is -2.47. The van der Waals surface area contributed by atoms with Gasteiger partial charge >= 0.3 is 0 Å². The molecule has 0 saturated carbocycles. The lowest BCUT2D eigenvalue weighted by atomic mass is 10.2. The molecular formula is C15H16BrFN4. The lowest BCUT2D eigenvalue weighted by molar-refractivity contribution is 0.619. The largest absolute Gasteiger partial charge is 0.397 e. The molecule has 0 aliphatic carbocycles. The maximum absolute atomic E-state index is 13.4. The highest BCUT2D eigenvalue weighted by Crippen LogP contribution is 2.30. The minimum absolute atomic E-state index is 0.330. The third-order valence-electron chi connectivity index (χ3n) is 3.66. The van der Waals surface area contributed by atoms with Gasteiger partial charge in [-0.25, -0.2) is 9.37 Å². The van der Waals surface area contributed by atoms with E-state index >= 15 is 0 Å². The van der Waals surface area contributed by atoms with Gasteiger partial charge in [0.25, 0.3) is 0 Å². The van der Waals surface area contributed by atoms with E-state index in [9.17, 15) is 4.39 Å². The number of anilines is 3. The molecule has 3 rings (SSSR count). The summed E-state index contributed by atoms with van der Waals surface area (Å²) in [6, 6.07) is 9.03. The molecule has 1 saturated heterocycles. The zero-order valence-corrected chi connectivity index (χ0v) is 13.1. The van der Waals surface area contributed by atoms with Gasteiger partial charge in [-0.1, -0.05) is 6.07 Å². The molecule has 2 aromatic rings. The summed E-state index contributed by atoms with van der Waals surface area (Å²) in [4.78, 5) is 8.79. The first kappa shape index (κ1) is 14.1. The molecule has 21 heavy (non-hydrogen) atoms. The summed E-state index contributed by atoms with van der Waals surface area (Å²) in [7, 11) is 0. The quantitative estimate of drug-likeness (QED) is 0.846. The second-order valence-electron chi connectivity index (χ2n) is 4.99. The Kier molecular flexibility index (Phi) is 3.96. The molecular weight excluding hydrogens is 335 g/mol. The van der Waals surface area contributed by atoms with E-state index in [-0.39, 0.29) is 5.82 Å². The summed E-state index contributed by atoms with van der Waals surface area (Å²) in [5.74, 6) is 0.661. The highest BCUT2D eigenvalue weighted by Gasteiger charge is 2.20. The fraction of sp³-hybridized carbons (Fsp3) is 0.267. The Morgan fingerprint density at radius 1 is 1.10 bits per heavy atom. The molecule has 1 fully saturated rings. The highest BCUT2D eigenvalue weighted by atomic mass is 79.9. The van der Waals surface area contributed by atoms with Crippen LogP contribution in [0.25, 0.3) is 0 Å². The van der Waals surface area contributed by atoms with E-state index in [4.69, 9.17) is 5.73 Å². The molecule has 1 aliphatic rings.